The fraction of sp³-hybridized carbons (Fsp3) is 0.455. The number of nitrogens with zero attached hydrogens (tertiary/aromatic N) is 3. The maximum Gasteiger partial charge on any atom is 0.161 e. The molecule has 84 valence electrons. The van der Waals surface area contributed by atoms with Crippen LogP contribution in [0.2, 0.25) is 0 Å². The molecule has 1 aliphatic heterocycles. The highest BCUT2D eigenvalue weighted by atomic mass is 79.9. The van der Waals surface area contributed by atoms with Crippen molar-refractivity contribution in [2.45, 2.75) is 18.8 Å². The van der Waals surface area contributed by atoms with Crippen molar-refractivity contribution < 1.29 is 4.74 Å². The van der Waals surface area contributed by atoms with Crippen molar-refractivity contribution in [1.82, 2.24) is 14.6 Å². The van der Waals surface area contributed by atoms with Crippen LogP contribution in [0, 0.1) is 0 Å². The van der Waals surface area contributed by atoms with E-state index in [0.717, 1.165) is 42.1 Å². The van der Waals surface area contributed by atoms with Gasteiger partial charge in [0.25, 0.3) is 0 Å². The maximum atomic E-state index is 5.50. The topological polar surface area (TPSA) is 39.4 Å². The van der Waals surface area contributed by atoms with Gasteiger partial charge in [0, 0.05) is 12.5 Å². The molecule has 0 amide bonds. The molecule has 3 rings (SSSR count). The largest absolute Gasteiger partial charge is 0.381 e. The Balaban J connectivity index is 2.09. The minimum Gasteiger partial charge on any atom is -0.381 e. The van der Waals surface area contributed by atoms with E-state index in [0.29, 0.717) is 5.92 Å². The molecule has 1 fully saturated rings. The van der Waals surface area contributed by atoms with E-state index in [1.807, 2.05) is 18.2 Å². The summed E-state index contributed by atoms with van der Waals surface area (Å²) in [7, 11) is 0. The van der Waals surface area contributed by atoms with Gasteiger partial charge >= 0.3 is 0 Å². The highest BCUT2D eigenvalue weighted by molar-refractivity contribution is 9.10. The summed E-state index contributed by atoms with van der Waals surface area (Å²) < 4.78 is 8.55. The molecule has 3 heterocycles. The molecular weight excluding hydrogens is 270 g/mol. The van der Waals surface area contributed by atoms with E-state index in [2.05, 4.69) is 30.5 Å². The second kappa shape index (κ2) is 4.14. The van der Waals surface area contributed by atoms with Crippen LogP contribution in [0.25, 0.3) is 5.65 Å². The van der Waals surface area contributed by atoms with E-state index in [1.165, 1.54) is 0 Å². The Morgan fingerprint density at radius 1 is 1.38 bits per heavy atom. The van der Waals surface area contributed by atoms with Crippen LogP contribution in [0.15, 0.2) is 22.8 Å². The number of aromatic nitrogens is 3. The average molecular weight is 282 g/mol. The second-order valence-electron chi connectivity index (χ2n) is 4.01. The monoisotopic (exact) mass is 281 g/mol. The van der Waals surface area contributed by atoms with Crippen LogP contribution in [-0.2, 0) is 4.74 Å². The molecule has 2 aromatic heterocycles. The third-order valence-corrected chi connectivity index (χ3v) is 3.55. The van der Waals surface area contributed by atoms with Crippen LogP contribution in [-0.4, -0.2) is 27.8 Å². The summed E-state index contributed by atoms with van der Waals surface area (Å²) in [6, 6.07) is 5.93. The summed E-state index contributed by atoms with van der Waals surface area (Å²) in [4.78, 5) is 0. The van der Waals surface area contributed by atoms with Crippen molar-refractivity contribution in [1.29, 1.82) is 0 Å². The standard InChI is InChI=1S/C11H12BrN3O/c12-9-4-1-5-10-13-14-11(15(9)10)8-3-2-6-16-7-8/h1,4-5,8H,2-3,6-7H2. The molecule has 1 atom stereocenters. The number of rotatable bonds is 1. The molecule has 4 nitrogen and oxygen atoms in total. The Bertz CT molecular complexity index is 505. The Labute approximate surface area is 102 Å². The lowest BCUT2D eigenvalue weighted by Crippen LogP contribution is -2.18. The first-order valence-electron chi connectivity index (χ1n) is 5.43. The minimum absolute atomic E-state index is 0.363. The predicted molar refractivity (Wildman–Crippen MR) is 63.5 cm³/mol. The lowest BCUT2D eigenvalue weighted by Gasteiger charge is -2.20. The molecule has 1 unspecified atom stereocenters. The smallest absolute Gasteiger partial charge is 0.161 e. The lowest BCUT2D eigenvalue weighted by atomic mass is 10.0. The van der Waals surface area contributed by atoms with E-state index in [4.69, 9.17) is 4.74 Å². The van der Waals surface area contributed by atoms with Crippen molar-refractivity contribution in [2.24, 2.45) is 0 Å². The van der Waals surface area contributed by atoms with Crippen LogP contribution >= 0.6 is 15.9 Å². The Morgan fingerprint density at radius 2 is 2.31 bits per heavy atom. The van der Waals surface area contributed by atoms with E-state index in [9.17, 15) is 0 Å². The third kappa shape index (κ3) is 1.64. The molecule has 0 saturated carbocycles. The molecule has 0 radical (unpaired) electrons. The average Bonchev–Trinajstić information content (AvgIpc) is 2.75. The first kappa shape index (κ1) is 10.2. The van der Waals surface area contributed by atoms with Gasteiger partial charge in [-0.1, -0.05) is 6.07 Å². The van der Waals surface area contributed by atoms with Gasteiger partial charge in [-0.15, -0.1) is 10.2 Å². The Hall–Kier alpha value is -0.940. The second-order valence-corrected chi connectivity index (χ2v) is 4.83. The van der Waals surface area contributed by atoms with Gasteiger partial charge in [0.15, 0.2) is 5.65 Å². The van der Waals surface area contributed by atoms with Crippen LogP contribution in [0.1, 0.15) is 24.6 Å². The van der Waals surface area contributed by atoms with E-state index >= 15 is 0 Å². The van der Waals surface area contributed by atoms with Gasteiger partial charge in [-0.25, -0.2) is 0 Å². The zero-order valence-corrected chi connectivity index (χ0v) is 10.4. The summed E-state index contributed by atoms with van der Waals surface area (Å²) >= 11 is 3.54. The van der Waals surface area contributed by atoms with Crippen molar-refractivity contribution in [3.8, 4) is 0 Å². The first-order chi connectivity index (χ1) is 7.86. The third-order valence-electron chi connectivity index (χ3n) is 2.93. The van der Waals surface area contributed by atoms with Gasteiger partial charge < -0.3 is 4.74 Å². The first-order valence-corrected chi connectivity index (χ1v) is 6.23. The van der Waals surface area contributed by atoms with Gasteiger partial charge in [-0.05, 0) is 40.9 Å². The number of hydrogen-bond donors (Lipinski definition) is 0. The normalized spacial score (nSPS) is 21.4. The summed E-state index contributed by atoms with van der Waals surface area (Å²) in [5.41, 5.74) is 0.884. The maximum absolute atomic E-state index is 5.50. The van der Waals surface area contributed by atoms with Crippen molar-refractivity contribution in [3.63, 3.8) is 0 Å². The van der Waals surface area contributed by atoms with Gasteiger partial charge in [0.2, 0.25) is 0 Å². The molecule has 1 saturated heterocycles. The van der Waals surface area contributed by atoms with Gasteiger partial charge in [-0.2, -0.15) is 0 Å². The van der Waals surface area contributed by atoms with Crippen molar-refractivity contribution >= 4 is 21.6 Å². The molecule has 1 aliphatic rings. The SMILES string of the molecule is Brc1cccc2nnc(C3CCCOC3)n12. The number of fused-ring (bicyclic) bond motifs is 1. The van der Waals surface area contributed by atoms with Crippen molar-refractivity contribution in [2.75, 3.05) is 13.2 Å². The summed E-state index contributed by atoms with van der Waals surface area (Å²) in [5.74, 6) is 1.37. The van der Waals surface area contributed by atoms with Crippen LogP contribution in [0.4, 0.5) is 0 Å². The molecule has 16 heavy (non-hydrogen) atoms. The van der Waals surface area contributed by atoms with Crippen LogP contribution < -0.4 is 0 Å². The molecule has 0 N–H and O–H groups in total. The van der Waals surface area contributed by atoms with Crippen LogP contribution in [0.3, 0.4) is 0 Å². The molecule has 0 aliphatic carbocycles. The highest BCUT2D eigenvalue weighted by Gasteiger charge is 2.22. The van der Waals surface area contributed by atoms with E-state index in [1.54, 1.807) is 0 Å². The van der Waals surface area contributed by atoms with Crippen LogP contribution in [0.5, 0.6) is 0 Å². The fourth-order valence-corrected chi connectivity index (χ4v) is 2.65. The Morgan fingerprint density at radius 3 is 3.12 bits per heavy atom. The molecule has 0 aromatic carbocycles. The lowest BCUT2D eigenvalue weighted by molar-refractivity contribution is 0.0777. The fourth-order valence-electron chi connectivity index (χ4n) is 2.13. The quantitative estimate of drug-likeness (QED) is 0.754. The molecular formula is C11H12BrN3O. The van der Waals surface area contributed by atoms with E-state index < -0.39 is 0 Å². The number of hydrogen-bond acceptors (Lipinski definition) is 3. The molecule has 5 heteroatoms. The number of halogens is 1. The zero-order valence-electron chi connectivity index (χ0n) is 8.77. The molecule has 2 aromatic rings. The highest BCUT2D eigenvalue weighted by Crippen LogP contribution is 2.26. The number of pyridine rings is 1. The summed E-state index contributed by atoms with van der Waals surface area (Å²) in [6.45, 7) is 1.62. The zero-order chi connectivity index (χ0) is 11.0. The van der Waals surface area contributed by atoms with Gasteiger partial charge in [0.1, 0.15) is 5.82 Å². The van der Waals surface area contributed by atoms with Gasteiger partial charge in [-0.3, -0.25) is 4.40 Å². The molecule has 0 spiro atoms. The van der Waals surface area contributed by atoms with Crippen molar-refractivity contribution in [3.05, 3.63) is 28.6 Å². The van der Waals surface area contributed by atoms with Gasteiger partial charge in [0.05, 0.1) is 11.2 Å². The Kier molecular flexibility index (Phi) is 2.65. The predicted octanol–water partition coefficient (Wildman–Crippen LogP) is 2.39. The number of ether oxygens (including phenoxy) is 1. The summed E-state index contributed by atoms with van der Waals surface area (Å²) in [6.07, 6.45) is 2.23. The van der Waals surface area contributed by atoms with E-state index in [-0.39, 0.29) is 0 Å². The molecule has 0 bridgehead atoms. The minimum atomic E-state index is 0.363. The summed E-state index contributed by atoms with van der Waals surface area (Å²) in [5, 5.41) is 8.46.